The molecule has 3 N–H and O–H groups in total. The zero-order chi connectivity index (χ0) is 19.9. The van der Waals surface area contributed by atoms with Gasteiger partial charge in [0.05, 0.1) is 0 Å². The SMILES string of the molecule is CCCCN(CCCC)CCCNC(=O)NC(Cc1ccccc1)C(=O)O. The number of nitrogens with zero attached hydrogens (tertiary/aromatic N) is 1. The Kier molecular flexibility index (Phi) is 11.9. The summed E-state index contributed by atoms with van der Waals surface area (Å²) in [5, 5.41) is 14.7. The Hall–Kier alpha value is -2.08. The van der Waals surface area contributed by atoms with Gasteiger partial charge in [0.15, 0.2) is 0 Å². The minimum absolute atomic E-state index is 0.269. The summed E-state index contributed by atoms with van der Waals surface area (Å²) in [6.45, 7) is 8.07. The van der Waals surface area contributed by atoms with Crippen LogP contribution < -0.4 is 10.6 Å². The van der Waals surface area contributed by atoms with E-state index >= 15 is 0 Å². The molecule has 0 spiro atoms. The van der Waals surface area contributed by atoms with Gasteiger partial charge in [-0.25, -0.2) is 9.59 Å². The van der Waals surface area contributed by atoms with E-state index in [1.165, 1.54) is 25.7 Å². The lowest BCUT2D eigenvalue weighted by atomic mass is 10.1. The number of carboxylic acids is 1. The van der Waals surface area contributed by atoms with Crippen LogP contribution in [0.4, 0.5) is 4.79 Å². The van der Waals surface area contributed by atoms with E-state index in [9.17, 15) is 14.7 Å². The van der Waals surface area contributed by atoms with Gasteiger partial charge in [0.25, 0.3) is 0 Å². The number of carbonyl (C=O) groups excluding carboxylic acids is 1. The molecular formula is C21H35N3O3. The van der Waals surface area contributed by atoms with Crippen LogP contribution in [0, 0.1) is 0 Å². The predicted octanol–water partition coefficient (Wildman–Crippen LogP) is 3.27. The third kappa shape index (κ3) is 10.6. The summed E-state index contributed by atoms with van der Waals surface area (Å²) < 4.78 is 0. The number of benzene rings is 1. The van der Waals surface area contributed by atoms with Crippen molar-refractivity contribution in [2.45, 2.75) is 58.4 Å². The molecule has 1 unspecified atom stereocenters. The summed E-state index contributed by atoms with van der Waals surface area (Å²) in [6.07, 6.45) is 5.88. The molecule has 0 fully saturated rings. The third-order valence-electron chi connectivity index (χ3n) is 4.48. The van der Waals surface area contributed by atoms with Gasteiger partial charge in [-0.2, -0.15) is 0 Å². The summed E-state index contributed by atoms with van der Waals surface area (Å²) in [7, 11) is 0. The molecule has 0 aliphatic rings. The number of rotatable bonds is 14. The van der Waals surface area contributed by atoms with E-state index in [1.807, 2.05) is 30.3 Å². The van der Waals surface area contributed by atoms with Crippen molar-refractivity contribution in [2.24, 2.45) is 0 Å². The van der Waals surface area contributed by atoms with Crippen molar-refractivity contribution in [3.63, 3.8) is 0 Å². The fraction of sp³-hybridized carbons (Fsp3) is 0.619. The monoisotopic (exact) mass is 377 g/mol. The summed E-state index contributed by atoms with van der Waals surface area (Å²) in [5.41, 5.74) is 0.882. The molecule has 6 heteroatoms. The second-order valence-electron chi connectivity index (χ2n) is 6.88. The summed E-state index contributed by atoms with van der Waals surface area (Å²) in [6, 6.07) is 7.95. The third-order valence-corrected chi connectivity index (χ3v) is 4.48. The Morgan fingerprint density at radius 2 is 1.59 bits per heavy atom. The van der Waals surface area contributed by atoms with Crippen molar-refractivity contribution in [1.29, 1.82) is 0 Å². The maximum Gasteiger partial charge on any atom is 0.326 e. The van der Waals surface area contributed by atoms with E-state index in [1.54, 1.807) is 0 Å². The van der Waals surface area contributed by atoms with Gasteiger partial charge in [0.2, 0.25) is 0 Å². The molecule has 0 aromatic heterocycles. The maximum atomic E-state index is 12.0. The average Bonchev–Trinajstić information content (AvgIpc) is 2.66. The molecule has 0 bridgehead atoms. The largest absolute Gasteiger partial charge is 0.480 e. The molecule has 0 saturated heterocycles. The molecule has 1 rings (SSSR count). The maximum absolute atomic E-state index is 12.0. The highest BCUT2D eigenvalue weighted by atomic mass is 16.4. The Labute approximate surface area is 163 Å². The molecule has 0 heterocycles. The van der Waals surface area contributed by atoms with E-state index in [2.05, 4.69) is 29.4 Å². The van der Waals surface area contributed by atoms with Gasteiger partial charge in [0.1, 0.15) is 6.04 Å². The van der Waals surface area contributed by atoms with Crippen LogP contribution in [0.15, 0.2) is 30.3 Å². The van der Waals surface area contributed by atoms with E-state index in [0.717, 1.165) is 31.6 Å². The predicted molar refractivity (Wildman–Crippen MR) is 109 cm³/mol. The fourth-order valence-corrected chi connectivity index (χ4v) is 2.86. The summed E-state index contributed by atoms with van der Waals surface area (Å²) in [4.78, 5) is 25.9. The zero-order valence-corrected chi connectivity index (χ0v) is 16.7. The molecular weight excluding hydrogens is 342 g/mol. The van der Waals surface area contributed by atoms with Crippen LogP contribution in [0.2, 0.25) is 0 Å². The number of carboxylic acid groups (broad SMARTS) is 1. The quantitative estimate of drug-likeness (QED) is 0.435. The molecule has 2 amide bonds. The van der Waals surface area contributed by atoms with Crippen molar-refractivity contribution in [3.8, 4) is 0 Å². The molecule has 27 heavy (non-hydrogen) atoms. The number of hydrogen-bond donors (Lipinski definition) is 3. The van der Waals surface area contributed by atoms with E-state index in [4.69, 9.17) is 0 Å². The highest BCUT2D eigenvalue weighted by molar-refractivity contribution is 5.82. The smallest absolute Gasteiger partial charge is 0.326 e. The number of hydrogen-bond acceptors (Lipinski definition) is 3. The second kappa shape index (κ2) is 14.0. The molecule has 1 atom stereocenters. The van der Waals surface area contributed by atoms with Crippen LogP contribution in [0.1, 0.15) is 51.5 Å². The van der Waals surface area contributed by atoms with E-state index in [-0.39, 0.29) is 6.42 Å². The van der Waals surface area contributed by atoms with Crippen molar-refractivity contribution >= 4 is 12.0 Å². The van der Waals surface area contributed by atoms with Crippen LogP contribution >= 0.6 is 0 Å². The van der Waals surface area contributed by atoms with Crippen molar-refractivity contribution in [3.05, 3.63) is 35.9 Å². The number of amides is 2. The topological polar surface area (TPSA) is 81.7 Å². The van der Waals surface area contributed by atoms with Crippen molar-refractivity contribution in [1.82, 2.24) is 15.5 Å². The Morgan fingerprint density at radius 3 is 2.15 bits per heavy atom. The molecule has 152 valence electrons. The van der Waals surface area contributed by atoms with Crippen LogP contribution in [0.25, 0.3) is 0 Å². The molecule has 1 aromatic rings. The van der Waals surface area contributed by atoms with Gasteiger partial charge in [-0.15, -0.1) is 0 Å². The standard InChI is InChI=1S/C21H35N3O3/c1-3-5-14-24(15-6-4-2)16-10-13-22-21(27)23-19(20(25)26)17-18-11-8-7-9-12-18/h7-9,11-12,19H,3-6,10,13-17H2,1-2H3,(H,25,26)(H2,22,23,27). The molecule has 6 nitrogen and oxygen atoms in total. The number of urea groups is 1. The first-order valence-corrected chi connectivity index (χ1v) is 10.1. The number of nitrogens with one attached hydrogen (secondary N) is 2. The first-order chi connectivity index (χ1) is 13.1. The highest BCUT2D eigenvalue weighted by Gasteiger charge is 2.20. The second-order valence-corrected chi connectivity index (χ2v) is 6.88. The van der Waals surface area contributed by atoms with Crippen LogP contribution in [0.5, 0.6) is 0 Å². The highest BCUT2D eigenvalue weighted by Crippen LogP contribution is 2.04. The summed E-state index contributed by atoms with van der Waals surface area (Å²) in [5.74, 6) is -1.03. The molecule has 0 saturated carbocycles. The molecule has 1 aromatic carbocycles. The Balaban J connectivity index is 2.33. The van der Waals surface area contributed by atoms with Crippen LogP contribution in [-0.2, 0) is 11.2 Å². The number of carbonyl (C=O) groups is 2. The molecule has 0 radical (unpaired) electrons. The number of unbranched alkanes of at least 4 members (excludes halogenated alkanes) is 2. The molecule has 0 aliphatic carbocycles. The minimum atomic E-state index is -1.03. The Bertz CT molecular complexity index is 529. The lowest BCUT2D eigenvalue weighted by Gasteiger charge is -2.22. The average molecular weight is 378 g/mol. The van der Waals surface area contributed by atoms with Gasteiger partial charge in [0, 0.05) is 13.0 Å². The lowest BCUT2D eigenvalue weighted by molar-refractivity contribution is -0.139. The Morgan fingerprint density at radius 1 is 1.00 bits per heavy atom. The number of aliphatic carboxylic acids is 1. The van der Waals surface area contributed by atoms with Crippen LogP contribution in [-0.4, -0.2) is 54.2 Å². The molecule has 0 aliphatic heterocycles. The first kappa shape index (κ1) is 23.0. The van der Waals surface area contributed by atoms with Gasteiger partial charge in [-0.1, -0.05) is 57.0 Å². The minimum Gasteiger partial charge on any atom is -0.480 e. The normalized spacial score (nSPS) is 12.0. The summed E-state index contributed by atoms with van der Waals surface area (Å²) >= 11 is 0. The zero-order valence-electron chi connectivity index (χ0n) is 16.7. The van der Waals surface area contributed by atoms with E-state index < -0.39 is 18.0 Å². The van der Waals surface area contributed by atoms with E-state index in [0.29, 0.717) is 6.54 Å². The van der Waals surface area contributed by atoms with Gasteiger partial charge in [-0.05, 0) is 44.5 Å². The van der Waals surface area contributed by atoms with Gasteiger partial charge in [-0.3, -0.25) is 0 Å². The first-order valence-electron chi connectivity index (χ1n) is 10.1. The van der Waals surface area contributed by atoms with Gasteiger partial charge >= 0.3 is 12.0 Å². The van der Waals surface area contributed by atoms with Gasteiger partial charge < -0.3 is 20.6 Å². The fourth-order valence-electron chi connectivity index (χ4n) is 2.86. The lowest BCUT2D eigenvalue weighted by Crippen LogP contribution is -2.47. The van der Waals surface area contributed by atoms with Crippen molar-refractivity contribution in [2.75, 3.05) is 26.2 Å². The van der Waals surface area contributed by atoms with Crippen molar-refractivity contribution < 1.29 is 14.7 Å². The van der Waals surface area contributed by atoms with Crippen LogP contribution in [0.3, 0.4) is 0 Å².